The zero-order valence-electron chi connectivity index (χ0n) is 16.1. The summed E-state index contributed by atoms with van der Waals surface area (Å²) in [7, 11) is 1.67. The van der Waals surface area contributed by atoms with E-state index in [2.05, 4.69) is 22.1 Å². The molecule has 2 fully saturated rings. The Hall–Kier alpha value is -1.66. The van der Waals surface area contributed by atoms with Gasteiger partial charge in [-0.1, -0.05) is 6.92 Å². The molecule has 0 aromatic carbocycles. The van der Waals surface area contributed by atoms with Gasteiger partial charge in [0.05, 0.1) is 12.2 Å². The molecule has 6 heteroatoms. The standard InChI is InChI=1S/C20H32N4O2/c1-16-4-3-10-24(15-16)18-7-11-23(12-8-18)20(25)17-5-6-19(22-14-17)21-9-13-26-2/h5-6,14,16,18H,3-4,7-13,15H2,1-2H3,(H,21,22)/t16-/m1/s1. The number of nitrogens with zero attached hydrogens (tertiary/aromatic N) is 3. The number of likely N-dealkylation sites (tertiary alicyclic amines) is 2. The fourth-order valence-electron chi connectivity index (χ4n) is 4.08. The van der Waals surface area contributed by atoms with E-state index in [0.29, 0.717) is 24.8 Å². The highest BCUT2D eigenvalue weighted by Crippen LogP contribution is 2.24. The number of pyridine rings is 1. The number of carbonyl (C=O) groups is 1. The fraction of sp³-hybridized carbons (Fsp3) is 0.700. The van der Waals surface area contributed by atoms with Crippen LogP contribution in [-0.4, -0.2) is 73.2 Å². The number of rotatable bonds is 6. The van der Waals surface area contributed by atoms with E-state index in [1.807, 2.05) is 17.0 Å². The monoisotopic (exact) mass is 360 g/mol. The SMILES string of the molecule is COCCNc1ccc(C(=O)N2CCC(N3CCC[C@@H](C)C3)CC2)cn1. The first-order valence-electron chi connectivity index (χ1n) is 9.89. The van der Waals surface area contributed by atoms with Crippen LogP contribution in [0.5, 0.6) is 0 Å². The summed E-state index contributed by atoms with van der Waals surface area (Å²) in [5.41, 5.74) is 0.673. The molecule has 2 saturated heterocycles. The fourth-order valence-corrected chi connectivity index (χ4v) is 4.08. The second-order valence-electron chi connectivity index (χ2n) is 7.62. The second kappa shape index (κ2) is 9.33. The Kier molecular flexibility index (Phi) is 6.86. The number of carbonyl (C=O) groups excluding carboxylic acids is 1. The molecule has 0 aliphatic carbocycles. The van der Waals surface area contributed by atoms with Crippen molar-refractivity contribution in [3.8, 4) is 0 Å². The van der Waals surface area contributed by atoms with Crippen molar-refractivity contribution in [2.45, 2.75) is 38.6 Å². The van der Waals surface area contributed by atoms with E-state index in [-0.39, 0.29) is 5.91 Å². The predicted molar refractivity (Wildman–Crippen MR) is 103 cm³/mol. The van der Waals surface area contributed by atoms with Crippen LogP contribution in [0, 0.1) is 5.92 Å². The quantitative estimate of drug-likeness (QED) is 0.790. The van der Waals surface area contributed by atoms with Gasteiger partial charge in [-0.3, -0.25) is 9.69 Å². The third kappa shape index (κ3) is 4.95. The number of ether oxygens (including phenoxy) is 1. The normalized spacial score (nSPS) is 22.4. The molecule has 1 amide bonds. The third-order valence-corrected chi connectivity index (χ3v) is 5.58. The van der Waals surface area contributed by atoms with Gasteiger partial charge in [0.2, 0.25) is 0 Å². The number of methoxy groups -OCH3 is 1. The smallest absolute Gasteiger partial charge is 0.255 e. The first kappa shape index (κ1) is 19.1. The van der Waals surface area contributed by atoms with Gasteiger partial charge < -0.3 is 15.0 Å². The van der Waals surface area contributed by atoms with Gasteiger partial charge in [0.1, 0.15) is 5.82 Å². The minimum atomic E-state index is 0.103. The molecule has 1 aromatic rings. The molecule has 144 valence electrons. The molecule has 1 N–H and O–H groups in total. The van der Waals surface area contributed by atoms with Crippen LogP contribution in [0.25, 0.3) is 0 Å². The number of hydrogen-bond donors (Lipinski definition) is 1. The van der Waals surface area contributed by atoms with Crippen LogP contribution in [0.15, 0.2) is 18.3 Å². The van der Waals surface area contributed by atoms with Crippen molar-refractivity contribution in [3.63, 3.8) is 0 Å². The van der Waals surface area contributed by atoms with Crippen molar-refractivity contribution in [2.24, 2.45) is 5.92 Å². The minimum absolute atomic E-state index is 0.103. The lowest BCUT2D eigenvalue weighted by atomic mass is 9.95. The molecule has 1 aromatic heterocycles. The Morgan fingerprint density at radius 1 is 1.27 bits per heavy atom. The molecule has 3 rings (SSSR count). The number of anilines is 1. The van der Waals surface area contributed by atoms with E-state index >= 15 is 0 Å². The predicted octanol–water partition coefficient (Wildman–Crippen LogP) is 2.48. The molecule has 26 heavy (non-hydrogen) atoms. The van der Waals surface area contributed by atoms with Crippen LogP contribution >= 0.6 is 0 Å². The summed E-state index contributed by atoms with van der Waals surface area (Å²) in [6.45, 7) is 7.84. The molecule has 0 radical (unpaired) electrons. The summed E-state index contributed by atoms with van der Waals surface area (Å²) in [6, 6.07) is 4.38. The summed E-state index contributed by atoms with van der Waals surface area (Å²) in [5, 5.41) is 3.17. The Labute approximate surface area is 156 Å². The maximum absolute atomic E-state index is 12.7. The zero-order chi connectivity index (χ0) is 18.4. The van der Waals surface area contributed by atoms with Crippen LogP contribution < -0.4 is 5.32 Å². The summed E-state index contributed by atoms with van der Waals surface area (Å²) >= 11 is 0. The lowest BCUT2D eigenvalue weighted by molar-refractivity contribution is 0.0541. The molecule has 3 heterocycles. The van der Waals surface area contributed by atoms with E-state index in [4.69, 9.17) is 4.74 Å². The topological polar surface area (TPSA) is 57.7 Å². The van der Waals surface area contributed by atoms with Crippen LogP contribution in [0.4, 0.5) is 5.82 Å². The Balaban J connectivity index is 1.48. The van der Waals surface area contributed by atoms with E-state index < -0.39 is 0 Å². The highest BCUT2D eigenvalue weighted by Gasteiger charge is 2.29. The first-order valence-corrected chi connectivity index (χ1v) is 9.89. The molecule has 0 spiro atoms. The van der Waals surface area contributed by atoms with Gasteiger partial charge >= 0.3 is 0 Å². The van der Waals surface area contributed by atoms with Gasteiger partial charge in [-0.05, 0) is 50.3 Å². The van der Waals surface area contributed by atoms with E-state index in [0.717, 1.165) is 37.7 Å². The van der Waals surface area contributed by atoms with E-state index in [9.17, 15) is 4.79 Å². The van der Waals surface area contributed by atoms with Gasteiger partial charge in [-0.2, -0.15) is 0 Å². The molecule has 0 unspecified atom stereocenters. The minimum Gasteiger partial charge on any atom is -0.383 e. The van der Waals surface area contributed by atoms with Gasteiger partial charge in [0.15, 0.2) is 0 Å². The van der Waals surface area contributed by atoms with Crippen molar-refractivity contribution in [1.82, 2.24) is 14.8 Å². The molecule has 2 aliphatic rings. The molecule has 0 bridgehead atoms. The lowest BCUT2D eigenvalue weighted by Gasteiger charge is -2.41. The van der Waals surface area contributed by atoms with Gasteiger partial charge in [-0.15, -0.1) is 0 Å². The van der Waals surface area contributed by atoms with Crippen molar-refractivity contribution in [3.05, 3.63) is 23.9 Å². The number of piperidine rings is 2. The number of nitrogens with one attached hydrogen (secondary N) is 1. The van der Waals surface area contributed by atoms with Gasteiger partial charge in [0, 0.05) is 45.5 Å². The second-order valence-corrected chi connectivity index (χ2v) is 7.62. The molecule has 0 saturated carbocycles. The maximum atomic E-state index is 12.7. The summed E-state index contributed by atoms with van der Waals surface area (Å²) in [4.78, 5) is 21.7. The van der Waals surface area contributed by atoms with Crippen molar-refractivity contribution < 1.29 is 9.53 Å². The van der Waals surface area contributed by atoms with Crippen molar-refractivity contribution in [2.75, 3.05) is 51.8 Å². The van der Waals surface area contributed by atoms with Crippen LogP contribution in [0.3, 0.4) is 0 Å². The van der Waals surface area contributed by atoms with Crippen molar-refractivity contribution in [1.29, 1.82) is 0 Å². The largest absolute Gasteiger partial charge is 0.383 e. The number of amides is 1. The summed E-state index contributed by atoms with van der Waals surface area (Å²) in [6.07, 6.45) is 6.52. The average molecular weight is 361 g/mol. The Morgan fingerprint density at radius 3 is 2.73 bits per heavy atom. The number of hydrogen-bond acceptors (Lipinski definition) is 5. The third-order valence-electron chi connectivity index (χ3n) is 5.58. The first-order chi connectivity index (χ1) is 12.7. The molecular formula is C20H32N4O2. The van der Waals surface area contributed by atoms with E-state index in [1.165, 1.54) is 25.9 Å². The molecule has 2 aliphatic heterocycles. The van der Waals surface area contributed by atoms with Crippen LogP contribution in [0.1, 0.15) is 43.0 Å². The van der Waals surface area contributed by atoms with Crippen LogP contribution in [0.2, 0.25) is 0 Å². The highest BCUT2D eigenvalue weighted by atomic mass is 16.5. The lowest BCUT2D eigenvalue weighted by Crippen LogP contribution is -2.49. The zero-order valence-corrected chi connectivity index (χ0v) is 16.1. The van der Waals surface area contributed by atoms with Crippen LogP contribution in [-0.2, 0) is 4.74 Å². The molecule has 1 atom stereocenters. The highest BCUT2D eigenvalue weighted by molar-refractivity contribution is 5.94. The van der Waals surface area contributed by atoms with Gasteiger partial charge in [0.25, 0.3) is 5.91 Å². The Morgan fingerprint density at radius 2 is 2.08 bits per heavy atom. The number of aromatic nitrogens is 1. The molecule has 6 nitrogen and oxygen atoms in total. The van der Waals surface area contributed by atoms with Crippen molar-refractivity contribution >= 4 is 11.7 Å². The Bertz CT molecular complexity index is 570. The average Bonchev–Trinajstić information content (AvgIpc) is 2.68. The van der Waals surface area contributed by atoms with Gasteiger partial charge in [-0.25, -0.2) is 4.98 Å². The molecular weight excluding hydrogens is 328 g/mol. The summed E-state index contributed by atoms with van der Waals surface area (Å²) in [5.74, 6) is 1.69. The summed E-state index contributed by atoms with van der Waals surface area (Å²) < 4.78 is 5.01. The van der Waals surface area contributed by atoms with E-state index in [1.54, 1.807) is 13.3 Å². The maximum Gasteiger partial charge on any atom is 0.255 e.